The van der Waals surface area contributed by atoms with E-state index < -0.39 is 0 Å². The second-order valence-electron chi connectivity index (χ2n) is 8.90. The summed E-state index contributed by atoms with van der Waals surface area (Å²) < 4.78 is 0. The second kappa shape index (κ2) is 12.8. The Kier molecular flexibility index (Phi) is 10.6. The van der Waals surface area contributed by atoms with Gasteiger partial charge in [0.2, 0.25) is 0 Å². The Balaban J connectivity index is 1.52. The Bertz CT molecular complexity index is 361. The van der Waals surface area contributed by atoms with Gasteiger partial charge in [0.25, 0.3) is 0 Å². The SMILES string of the molecule is CC/C=C/C1CCC(/C=C/CCC2CCC(CCCCC)CC2)CC1. The third-order valence-electron chi connectivity index (χ3n) is 6.79. The molecule has 0 aliphatic heterocycles. The molecule has 0 bridgehead atoms. The number of allylic oxidation sites excluding steroid dienone is 4. The van der Waals surface area contributed by atoms with Crippen LogP contribution in [0.4, 0.5) is 0 Å². The van der Waals surface area contributed by atoms with E-state index in [1.807, 2.05) is 0 Å². The predicted molar refractivity (Wildman–Crippen MR) is 113 cm³/mol. The molecular formula is C25H44. The van der Waals surface area contributed by atoms with Crippen molar-refractivity contribution in [3.05, 3.63) is 24.3 Å². The molecule has 0 aromatic carbocycles. The fourth-order valence-corrected chi connectivity index (χ4v) is 4.97. The minimum atomic E-state index is 0.872. The zero-order valence-electron chi connectivity index (χ0n) is 17.2. The molecule has 0 aromatic rings. The Labute approximate surface area is 158 Å². The zero-order chi connectivity index (χ0) is 17.7. The summed E-state index contributed by atoms with van der Waals surface area (Å²) in [6, 6.07) is 0. The van der Waals surface area contributed by atoms with Crippen LogP contribution in [0.5, 0.6) is 0 Å². The Morgan fingerprint density at radius 1 is 0.640 bits per heavy atom. The molecule has 0 nitrogen and oxygen atoms in total. The normalized spacial score (nSPS) is 31.1. The molecule has 0 saturated heterocycles. The molecule has 0 heteroatoms. The number of hydrogen-bond acceptors (Lipinski definition) is 0. The van der Waals surface area contributed by atoms with Crippen molar-refractivity contribution >= 4 is 0 Å². The van der Waals surface area contributed by atoms with Gasteiger partial charge in [-0.25, -0.2) is 0 Å². The standard InChI is InChI=1S/C25H44/c1-3-5-7-11-23-18-20-25(21-19-23)13-9-8-12-24-16-14-22(15-17-24)10-6-4-2/h6,8,10,12,22-25H,3-5,7,9,11,13-21H2,1-2H3/b10-6+,12-8+. The maximum atomic E-state index is 2.57. The maximum Gasteiger partial charge on any atom is -0.0233 e. The second-order valence-corrected chi connectivity index (χ2v) is 8.90. The zero-order valence-corrected chi connectivity index (χ0v) is 17.2. The summed E-state index contributed by atoms with van der Waals surface area (Å²) in [5.74, 6) is 3.84. The monoisotopic (exact) mass is 344 g/mol. The molecule has 0 N–H and O–H groups in total. The molecule has 2 saturated carbocycles. The van der Waals surface area contributed by atoms with Crippen molar-refractivity contribution in [3.63, 3.8) is 0 Å². The molecule has 0 aromatic heterocycles. The van der Waals surface area contributed by atoms with Gasteiger partial charge in [-0.2, -0.15) is 0 Å². The lowest BCUT2D eigenvalue weighted by atomic mass is 9.78. The summed E-state index contributed by atoms with van der Waals surface area (Å²) in [5, 5.41) is 0. The highest BCUT2D eigenvalue weighted by molar-refractivity contribution is 4.96. The summed E-state index contributed by atoms with van der Waals surface area (Å²) in [7, 11) is 0. The van der Waals surface area contributed by atoms with E-state index in [1.54, 1.807) is 0 Å². The highest BCUT2D eigenvalue weighted by atomic mass is 14.3. The van der Waals surface area contributed by atoms with Crippen molar-refractivity contribution in [2.75, 3.05) is 0 Å². The highest BCUT2D eigenvalue weighted by Crippen LogP contribution is 2.35. The van der Waals surface area contributed by atoms with Crippen molar-refractivity contribution in [2.45, 2.75) is 110 Å². The molecule has 2 rings (SSSR count). The van der Waals surface area contributed by atoms with E-state index in [0.717, 1.165) is 23.7 Å². The first-order valence-electron chi connectivity index (χ1n) is 11.6. The summed E-state index contributed by atoms with van der Waals surface area (Å²) in [6.45, 7) is 4.56. The van der Waals surface area contributed by atoms with Gasteiger partial charge in [0.05, 0.1) is 0 Å². The summed E-state index contributed by atoms with van der Waals surface area (Å²) in [5.41, 5.74) is 0. The van der Waals surface area contributed by atoms with Crippen molar-refractivity contribution < 1.29 is 0 Å². The van der Waals surface area contributed by atoms with Gasteiger partial charge in [0.1, 0.15) is 0 Å². The molecule has 144 valence electrons. The average molecular weight is 345 g/mol. The van der Waals surface area contributed by atoms with Crippen LogP contribution in [0.1, 0.15) is 110 Å². The lowest BCUT2D eigenvalue weighted by Gasteiger charge is -2.28. The molecule has 0 amide bonds. The van der Waals surface area contributed by atoms with Gasteiger partial charge in [-0.15, -0.1) is 0 Å². The molecule has 0 radical (unpaired) electrons. The summed E-state index contributed by atoms with van der Waals surface area (Å²) >= 11 is 0. The van der Waals surface area contributed by atoms with Crippen LogP contribution in [-0.2, 0) is 0 Å². The first-order valence-corrected chi connectivity index (χ1v) is 11.6. The van der Waals surface area contributed by atoms with E-state index in [9.17, 15) is 0 Å². The molecular weight excluding hydrogens is 300 g/mol. The highest BCUT2D eigenvalue weighted by Gasteiger charge is 2.20. The smallest absolute Gasteiger partial charge is 0.0233 e. The first-order chi connectivity index (χ1) is 12.3. The molecule has 0 heterocycles. The van der Waals surface area contributed by atoms with Gasteiger partial charge < -0.3 is 0 Å². The van der Waals surface area contributed by atoms with Crippen LogP contribution >= 0.6 is 0 Å². The van der Waals surface area contributed by atoms with Crippen LogP contribution < -0.4 is 0 Å². The molecule has 2 aliphatic carbocycles. The number of hydrogen-bond donors (Lipinski definition) is 0. The van der Waals surface area contributed by atoms with Crippen molar-refractivity contribution in [2.24, 2.45) is 23.7 Å². The lowest BCUT2D eigenvalue weighted by Crippen LogP contribution is -2.14. The van der Waals surface area contributed by atoms with Crippen LogP contribution in [0, 0.1) is 23.7 Å². The first kappa shape index (κ1) is 20.8. The minimum Gasteiger partial charge on any atom is -0.0885 e. The predicted octanol–water partition coefficient (Wildman–Crippen LogP) is 8.48. The van der Waals surface area contributed by atoms with Crippen LogP contribution in [0.3, 0.4) is 0 Å². The third kappa shape index (κ3) is 8.61. The van der Waals surface area contributed by atoms with E-state index in [-0.39, 0.29) is 0 Å². The van der Waals surface area contributed by atoms with Crippen molar-refractivity contribution in [1.82, 2.24) is 0 Å². The molecule has 0 unspecified atom stereocenters. The average Bonchev–Trinajstić information content (AvgIpc) is 2.66. The fourth-order valence-electron chi connectivity index (χ4n) is 4.97. The van der Waals surface area contributed by atoms with Gasteiger partial charge in [0, 0.05) is 0 Å². The van der Waals surface area contributed by atoms with Gasteiger partial charge in [0.15, 0.2) is 0 Å². The third-order valence-corrected chi connectivity index (χ3v) is 6.79. The van der Waals surface area contributed by atoms with Gasteiger partial charge in [-0.3, -0.25) is 0 Å². The summed E-state index contributed by atoms with van der Waals surface area (Å²) in [6.07, 6.45) is 31.4. The Morgan fingerprint density at radius 2 is 1.20 bits per heavy atom. The Hall–Kier alpha value is -0.520. The van der Waals surface area contributed by atoms with Crippen LogP contribution in [-0.4, -0.2) is 0 Å². The van der Waals surface area contributed by atoms with E-state index in [2.05, 4.69) is 38.2 Å². The topological polar surface area (TPSA) is 0 Å². The van der Waals surface area contributed by atoms with Crippen molar-refractivity contribution in [1.29, 1.82) is 0 Å². The van der Waals surface area contributed by atoms with Crippen LogP contribution in [0.15, 0.2) is 24.3 Å². The maximum absolute atomic E-state index is 2.57. The molecule has 2 fully saturated rings. The summed E-state index contributed by atoms with van der Waals surface area (Å²) in [4.78, 5) is 0. The number of unbranched alkanes of at least 4 members (excludes halogenated alkanes) is 2. The lowest BCUT2D eigenvalue weighted by molar-refractivity contribution is 0.250. The van der Waals surface area contributed by atoms with E-state index in [1.165, 1.54) is 96.3 Å². The minimum absolute atomic E-state index is 0.872. The quantitative estimate of drug-likeness (QED) is 0.275. The van der Waals surface area contributed by atoms with Gasteiger partial charge in [-0.1, -0.05) is 89.5 Å². The molecule has 0 spiro atoms. The fraction of sp³-hybridized carbons (Fsp3) is 0.840. The van der Waals surface area contributed by atoms with Crippen LogP contribution in [0.25, 0.3) is 0 Å². The Morgan fingerprint density at radius 3 is 1.76 bits per heavy atom. The van der Waals surface area contributed by atoms with Crippen molar-refractivity contribution in [3.8, 4) is 0 Å². The largest absolute Gasteiger partial charge is 0.0885 e. The molecule has 2 aliphatic rings. The van der Waals surface area contributed by atoms with Crippen LogP contribution in [0.2, 0.25) is 0 Å². The van der Waals surface area contributed by atoms with E-state index in [0.29, 0.717) is 0 Å². The van der Waals surface area contributed by atoms with Gasteiger partial charge in [-0.05, 0) is 68.6 Å². The van der Waals surface area contributed by atoms with Gasteiger partial charge >= 0.3 is 0 Å². The molecule has 25 heavy (non-hydrogen) atoms. The number of rotatable bonds is 10. The molecule has 0 atom stereocenters. The van der Waals surface area contributed by atoms with E-state index >= 15 is 0 Å². The van der Waals surface area contributed by atoms with E-state index in [4.69, 9.17) is 0 Å².